The third-order valence-corrected chi connectivity index (χ3v) is 3.73. The molecule has 1 amide bonds. The van der Waals surface area contributed by atoms with Crippen molar-refractivity contribution in [2.75, 3.05) is 5.32 Å². The van der Waals surface area contributed by atoms with Crippen LogP contribution >= 0.6 is 11.6 Å². The van der Waals surface area contributed by atoms with Crippen LogP contribution in [0.15, 0.2) is 42.5 Å². The molecule has 2 rings (SSSR count). The Bertz CT molecular complexity index is 721. The molecule has 0 saturated carbocycles. The molecule has 0 fully saturated rings. The number of carbonyl (C=O) groups excluding carboxylic acids is 1. The largest absolute Gasteiger partial charge is 0.425 e. The first kappa shape index (κ1) is 17.4. The molecule has 1 N–H and O–H groups in total. The van der Waals surface area contributed by atoms with E-state index < -0.39 is 23.1 Å². The van der Waals surface area contributed by atoms with Crippen molar-refractivity contribution >= 4 is 34.0 Å². The highest BCUT2D eigenvalue weighted by Gasteiger charge is 2.75. The first-order valence-electron chi connectivity index (χ1n) is 6.10. The lowest BCUT2D eigenvalue weighted by molar-refractivity contribution is -0.258. The molecule has 0 heterocycles. The van der Waals surface area contributed by atoms with Crippen molar-refractivity contribution in [1.29, 1.82) is 0 Å². The SMILES string of the molecule is O=C(Nc1cccc2ccccc12)C(Cl)(C(F)(F)F)C(F)(F)F. The lowest BCUT2D eigenvalue weighted by Crippen LogP contribution is -2.60. The van der Waals surface area contributed by atoms with Crippen molar-refractivity contribution in [2.24, 2.45) is 0 Å². The van der Waals surface area contributed by atoms with E-state index in [9.17, 15) is 31.1 Å². The summed E-state index contributed by atoms with van der Waals surface area (Å²) in [5, 5.41) is 2.44. The van der Waals surface area contributed by atoms with Gasteiger partial charge in [-0.25, -0.2) is 0 Å². The molecule has 124 valence electrons. The summed E-state index contributed by atoms with van der Waals surface area (Å²) in [4.78, 5) is 6.66. The van der Waals surface area contributed by atoms with Crippen LogP contribution in [0.3, 0.4) is 0 Å². The number of benzene rings is 2. The smallest absolute Gasteiger partial charge is 0.323 e. The van der Waals surface area contributed by atoms with Gasteiger partial charge in [0.05, 0.1) is 0 Å². The van der Waals surface area contributed by atoms with Gasteiger partial charge in [-0.2, -0.15) is 26.3 Å². The van der Waals surface area contributed by atoms with Crippen LogP contribution in [0.5, 0.6) is 0 Å². The van der Waals surface area contributed by atoms with E-state index in [4.69, 9.17) is 0 Å². The number of anilines is 1. The van der Waals surface area contributed by atoms with Gasteiger partial charge in [-0.15, -0.1) is 0 Å². The van der Waals surface area contributed by atoms with Crippen molar-refractivity contribution in [1.82, 2.24) is 0 Å². The summed E-state index contributed by atoms with van der Waals surface area (Å²) in [7, 11) is 0. The van der Waals surface area contributed by atoms with Crippen LogP contribution in [-0.2, 0) is 4.79 Å². The Labute approximate surface area is 131 Å². The predicted molar refractivity (Wildman–Crippen MR) is 73.3 cm³/mol. The molecule has 0 atom stereocenters. The van der Waals surface area contributed by atoms with Crippen LogP contribution in [0.4, 0.5) is 32.0 Å². The second kappa shape index (κ2) is 5.59. The Balaban J connectivity index is 2.47. The van der Waals surface area contributed by atoms with Gasteiger partial charge in [0, 0.05) is 11.1 Å². The zero-order valence-electron chi connectivity index (χ0n) is 11.1. The second-order valence-corrected chi connectivity index (χ2v) is 5.20. The summed E-state index contributed by atoms with van der Waals surface area (Å²) in [5.41, 5.74) is -0.202. The molecule has 0 radical (unpaired) electrons. The number of hydrogen-bond donors (Lipinski definition) is 1. The van der Waals surface area contributed by atoms with Gasteiger partial charge in [-0.3, -0.25) is 4.79 Å². The van der Waals surface area contributed by atoms with E-state index >= 15 is 0 Å². The Morgan fingerprint density at radius 2 is 1.39 bits per heavy atom. The quantitative estimate of drug-likeness (QED) is 0.603. The highest BCUT2D eigenvalue weighted by Crippen LogP contribution is 2.48. The summed E-state index contributed by atoms with van der Waals surface area (Å²) in [6.45, 7) is 0. The van der Waals surface area contributed by atoms with E-state index in [2.05, 4.69) is 11.6 Å². The van der Waals surface area contributed by atoms with Gasteiger partial charge in [0.15, 0.2) is 0 Å². The Hall–Kier alpha value is -1.96. The standard InChI is InChI=1S/C14H8ClF6NO/c15-12(13(16,17)18,14(19,20)21)11(23)22-10-7-3-5-8-4-1-2-6-9(8)10/h1-7H,(H,22,23). The zero-order valence-corrected chi connectivity index (χ0v) is 11.9. The molecule has 2 aromatic rings. The molecule has 2 nitrogen and oxygen atoms in total. The highest BCUT2D eigenvalue weighted by atomic mass is 35.5. The minimum absolute atomic E-state index is 0.202. The number of fused-ring (bicyclic) bond motifs is 1. The van der Waals surface area contributed by atoms with Gasteiger partial charge < -0.3 is 5.32 Å². The first-order valence-corrected chi connectivity index (χ1v) is 6.48. The molecule has 0 saturated heterocycles. The normalized spacial score (nSPS) is 13.2. The highest BCUT2D eigenvalue weighted by molar-refractivity contribution is 6.38. The minimum Gasteiger partial charge on any atom is -0.323 e. The molecule has 23 heavy (non-hydrogen) atoms. The van der Waals surface area contributed by atoms with E-state index in [1.807, 2.05) is 0 Å². The van der Waals surface area contributed by atoms with E-state index in [0.717, 1.165) is 0 Å². The second-order valence-electron chi connectivity index (χ2n) is 4.63. The molecule has 0 unspecified atom stereocenters. The average molecular weight is 356 g/mol. The van der Waals surface area contributed by atoms with E-state index in [0.29, 0.717) is 5.39 Å². The van der Waals surface area contributed by atoms with Crippen molar-refractivity contribution in [3.05, 3.63) is 42.5 Å². The Morgan fingerprint density at radius 1 is 0.870 bits per heavy atom. The fourth-order valence-electron chi connectivity index (χ4n) is 1.96. The van der Waals surface area contributed by atoms with Gasteiger partial charge in [0.2, 0.25) is 0 Å². The third kappa shape index (κ3) is 2.95. The fourth-order valence-corrected chi connectivity index (χ4v) is 2.01. The monoisotopic (exact) mass is 355 g/mol. The number of amides is 1. The van der Waals surface area contributed by atoms with Crippen molar-refractivity contribution in [3.63, 3.8) is 0 Å². The summed E-state index contributed by atoms with van der Waals surface area (Å²) in [5.74, 6) is -2.41. The maximum Gasteiger partial charge on any atom is 0.425 e. The van der Waals surface area contributed by atoms with Gasteiger partial charge in [0.25, 0.3) is 5.91 Å². The molecular formula is C14H8ClF6NO. The maximum atomic E-state index is 12.8. The van der Waals surface area contributed by atoms with Gasteiger partial charge in [-0.1, -0.05) is 48.0 Å². The van der Waals surface area contributed by atoms with Crippen molar-refractivity contribution < 1.29 is 31.1 Å². The van der Waals surface area contributed by atoms with Crippen LogP contribution in [0, 0.1) is 0 Å². The molecule has 2 aromatic carbocycles. The average Bonchev–Trinajstić information content (AvgIpc) is 2.44. The number of nitrogens with one attached hydrogen (secondary N) is 1. The van der Waals surface area contributed by atoms with Gasteiger partial charge in [-0.05, 0) is 11.5 Å². The molecule has 0 bridgehead atoms. The lowest BCUT2D eigenvalue weighted by atomic mass is 10.0. The van der Waals surface area contributed by atoms with Crippen LogP contribution in [0.1, 0.15) is 0 Å². The molecule has 0 spiro atoms. The maximum absolute atomic E-state index is 12.8. The molecule has 0 aliphatic rings. The van der Waals surface area contributed by atoms with Crippen LogP contribution in [0.2, 0.25) is 0 Å². The molecule has 0 aliphatic heterocycles. The van der Waals surface area contributed by atoms with Crippen LogP contribution < -0.4 is 5.32 Å². The Morgan fingerprint density at radius 3 is 1.96 bits per heavy atom. The summed E-state index contributed by atoms with van der Waals surface area (Å²) in [6.07, 6.45) is -12.0. The first-order chi connectivity index (χ1) is 10.5. The zero-order chi connectivity index (χ0) is 17.5. The molecule has 9 heteroatoms. The number of hydrogen-bond acceptors (Lipinski definition) is 1. The summed E-state index contributed by atoms with van der Waals surface area (Å²) in [6, 6.07) is 10.4. The van der Waals surface area contributed by atoms with E-state index in [-0.39, 0.29) is 11.1 Å². The topological polar surface area (TPSA) is 29.1 Å². The number of carbonyl (C=O) groups is 1. The number of alkyl halides is 7. The predicted octanol–water partition coefficient (Wildman–Crippen LogP) is 4.88. The minimum atomic E-state index is -6.01. The van der Waals surface area contributed by atoms with Gasteiger partial charge >= 0.3 is 17.2 Å². The number of halogens is 7. The van der Waals surface area contributed by atoms with Gasteiger partial charge in [0.1, 0.15) is 0 Å². The number of rotatable bonds is 2. The molecule has 0 aliphatic carbocycles. The molecular weight excluding hydrogens is 348 g/mol. The lowest BCUT2D eigenvalue weighted by Gasteiger charge is -2.30. The summed E-state index contributed by atoms with van der Waals surface area (Å²) >= 11 is 4.68. The molecule has 0 aromatic heterocycles. The third-order valence-electron chi connectivity index (χ3n) is 3.13. The summed E-state index contributed by atoms with van der Waals surface area (Å²) < 4.78 is 76.5. The Kier molecular flexibility index (Phi) is 4.23. The van der Waals surface area contributed by atoms with Crippen molar-refractivity contribution in [2.45, 2.75) is 17.2 Å². The van der Waals surface area contributed by atoms with Crippen LogP contribution in [-0.4, -0.2) is 23.1 Å². The van der Waals surface area contributed by atoms with E-state index in [1.54, 1.807) is 23.5 Å². The van der Waals surface area contributed by atoms with E-state index in [1.165, 1.54) is 24.3 Å². The van der Waals surface area contributed by atoms with Crippen molar-refractivity contribution in [3.8, 4) is 0 Å². The van der Waals surface area contributed by atoms with Crippen LogP contribution in [0.25, 0.3) is 10.8 Å². The fraction of sp³-hybridized carbons (Fsp3) is 0.214.